The summed E-state index contributed by atoms with van der Waals surface area (Å²) < 4.78 is 32.1. The average molecular weight is 734 g/mol. The van der Waals surface area contributed by atoms with Crippen LogP contribution in [0.3, 0.4) is 0 Å². The minimum absolute atomic E-state index is 0. The van der Waals surface area contributed by atoms with Gasteiger partial charge in [0.2, 0.25) is 0 Å². The van der Waals surface area contributed by atoms with Crippen molar-refractivity contribution < 1.29 is 42.5 Å². The molecule has 9 nitrogen and oxygen atoms in total. The zero-order valence-electron chi connectivity index (χ0n) is 27.5. The molecule has 0 aliphatic carbocycles. The van der Waals surface area contributed by atoms with Gasteiger partial charge in [-0.15, -0.1) is 0 Å². The van der Waals surface area contributed by atoms with Gasteiger partial charge in [0.1, 0.15) is 0 Å². The average Bonchev–Trinajstić information content (AvgIpc) is 3.05. The van der Waals surface area contributed by atoms with Crippen LogP contribution in [-0.2, 0) is 21.2 Å². The molecule has 0 aromatic carbocycles. The Kier molecular flexibility index (Phi) is 15.1. The van der Waals surface area contributed by atoms with Crippen molar-refractivity contribution >= 4 is 26.0 Å². The summed E-state index contributed by atoms with van der Waals surface area (Å²) in [4.78, 5) is 25.5. The standard InChI is InChI=1S/C12H11BrN2.C12H12N2O3S.C12H12N2.Na/c1-9-2-4-14-11(6-9)12-7-10(8-13)3-5-15-12;1-9-2-4-13-11(6-9)12-7-10(3-5-14-12)8-18(15,16)17;1-9-3-5-13-11(7-9)12-8-10(2)4-6-14-12;/h2-7H,8H2,1H3;2-7H,8H2,1H3,(H,15,16,17);3-8H,1-2H3;/q;;;+1/p-1. The van der Waals surface area contributed by atoms with Gasteiger partial charge in [0.25, 0.3) is 0 Å². The van der Waals surface area contributed by atoms with Gasteiger partial charge in [-0.1, -0.05) is 15.9 Å². The van der Waals surface area contributed by atoms with Crippen LogP contribution in [0.15, 0.2) is 110 Å². The number of alkyl halides is 1. The second-order valence-electron chi connectivity index (χ2n) is 10.8. The Balaban J connectivity index is 0.000000195. The molecule has 0 saturated heterocycles. The second kappa shape index (κ2) is 18.7. The topological polar surface area (TPSA) is 135 Å². The second-order valence-corrected chi connectivity index (χ2v) is 12.8. The zero-order chi connectivity index (χ0) is 33.8. The first-order valence-electron chi connectivity index (χ1n) is 14.6. The summed E-state index contributed by atoms with van der Waals surface area (Å²) in [5.74, 6) is -0.533. The maximum Gasteiger partial charge on any atom is 1.00 e. The van der Waals surface area contributed by atoms with Crippen LogP contribution in [0.25, 0.3) is 34.2 Å². The van der Waals surface area contributed by atoms with E-state index in [0.717, 1.165) is 33.7 Å². The number of halogens is 1. The molecule has 0 aliphatic heterocycles. The van der Waals surface area contributed by atoms with Crippen molar-refractivity contribution in [1.82, 2.24) is 29.9 Å². The van der Waals surface area contributed by atoms with E-state index in [4.69, 9.17) is 0 Å². The van der Waals surface area contributed by atoms with Gasteiger partial charge >= 0.3 is 29.6 Å². The van der Waals surface area contributed by atoms with Gasteiger partial charge in [-0.2, -0.15) is 0 Å². The molecule has 6 heterocycles. The monoisotopic (exact) mass is 732 g/mol. The molecule has 0 fully saturated rings. The van der Waals surface area contributed by atoms with E-state index >= 15 is 0 Å². The van der Waals surface area contributed by atoms with E-state index in [2.05, 4.69) is 72.7 Å². The zero-order valence-corrected chi connectivity index (χ0v) is 31.9. The van der Waals surface area contributed by atoms with Crippen LogP contribution in [-0.4, -0.2) is 42.9 Å². The summed E-state index contributed by atoms with van der Waals surface area (Å²) >= 11 is 3.43. The predicted molar refractivity (Wildman–Crippen MR) is 187 cm³/mol. The third-order valence-electron chi connectivity index (χ3n) is 6.60. The third kappa shape index (κ3) is 12.7. The fraction of sp³-hybridized carbons (Fsp3) is 0.167. The van der Waals surface area contributed by atoms with Gasteiger partial charge in [0.05, 0.1) is 50.0 Å². The summed E-state index contributed by atoms with van der Waals surface area (Å²) in [7, 11) is -4.28. The molecule has 0 aliphatic rings. The van der Waals surface area contributed by atoms with Crippen molar-refractivity contribution in [3.63, 3.8) is 0 Å². The van der Waals surface area contributed by atoms with Crippen LogP contribution in [0.5, 0.6) is 0 Å². The van der Waals surface area contributed by atoms with E-state index < -0.39 is 15.9 Å². The molecule has 0 radical (unpaired) electrons. The summed E-state index contributed by atoms with van der Waals surface area (Å²) in [6, 6.07) is 22.9. The normalized spacial score (nSPS) is 10.5. The molecular formula is C36H34BrN6NaO3S. The fourth-order valence-electron chi connectivity index (χ4n) is 4.31. The minimum Gasteiger partial charge on any atom is -0.748 e. The van der Waals surface area contributed by atoms with Crippen molar-refractivity contribution in [1.29, 1.82) is 0 Å². The van der Waals surface area contributed by atoms with Crippen LogP contribution in [0.1, 0.15) is 33.4 Å². The first-order valence-corrected chi connectivity index (χ1v) is 17.3. The van der Waals surface area contributed by atoms with Crippen LogP contribution in [0, 0.1) is 27.7 Å². The quantitative estimate of drug-likeness (QED) is 0.137. The van der Waals surface area contributed by atoms with Crippen molar-refractivity contribution in [3.8, 4) is 34.2 Å². The number of nitrogens with zero attached hydrogens (tertiary/aromatic N) is 6. The summed E-state index contributed by atoms with van der Waals surface area (Å²) in [6.07, 6.45) is 10.4. The van der Waals surface area contributed by atoms with Gasteiger partial charge in [0.15, 0.2) is 0 Å². The first kappa shape index (κ1) is 38.7. The molecule has 0 N–H and O–H groups in total. The Labute approximate surface area is 312 Å². The number of aromatic nitrogens is 6. The maximum absolute atomic E-state index is 10.7. The Hall–Kier alpha value is -3.71. The van der Waals surface area contributed by atoms with Gasteiger partial charge in [-0.3, -0.25) is 29.9 Å². The van der Waals surface area contributed by atoms with Crippen LogP contribution in [0.4, 0.5) is 0 Å². The molecule has 0 bridgehead atoms. The minimum atomic E-state index is -4.28. The van der Waals surface area contributed by atoms with E-state index in [1.165, 1.54) is 34.5 Å². The van der Waals surface area contributed by atoms with Crippen LogP contribution >= 0.6 is 15.9 Å². The van der Waals surface area contributed by atoms with Gasteiger partial charge in [0, 0.05) is 42.5 Å². The van der Waals surface area contributed by atoms with Crippen molar-refractivity contribution in [2.75, 3.05) is 0 Å². The van der Waals surface area contributed by atoms with Crippen LogP contribution in [0.2, 0.25) is 0 Å². The van der Waals surface area contributed by atoms with Crippen LogP contribution < -0.4 is 29.6 Å². The van der Waals surface area contributed by atoms with Gasteiger partial charge < -0.3 is 4.55 Å². The molecule has 6 aromatic rings. The van der Waals surface area contributed by atoms with E-state index in [-0.39, 0.29) is 29.6 Å². The van der Waals surface area contributed by atoms with Crippen molar-refractivity contribution in [2.24, 2.45) is 0 Å². The molecule has 0 atom stereocenters. The molecule has 6 rings (SSSR count). The molecule has 0 amide bonds. The Morgan fingerprint density at radius 3 is 1.06 bits per heavy atom. The van der Waals surface area contributed by atoms with E-state index in [1.807, 2.05) is 86.3 Å². The first-order chi connectivity index (χ1) is 22.5. The molecule has 12 heteroatoms. The Morgan fingerprint density at radius 1 is 0.500 bits per heavy atom. The molecule has 6 aromatic heterocycles. The molecular weight excluding hydrogens is 699 g/mol. The smallest absolute Gasteiger partial charge is 0.748 e. The summed E-state index contributed by atoms with van der Waals surface area (Å²) in [5, 5.41) is 0.842. The van der Waals surface area contributed by atoms with Gasteiger partial charge in [-0.25, -0.2) is 8.42 Å². The summed E-state index contributed by atoms with van der Waals surface area (Å²) in [5.41, 5.74) is 11.2. The van der Waals surface area contributed by atoms with E-state index in [1.54, 1.807) is 12.3 Å². The molecule has 0 spiro atoms. The molecule has 240 valence electrons. The SMILES string of the molecule is Cc1ccnc(-c2cc(C)ccn2)c1.Cc1ccnc(-c2cc(CBr)ccn2)c1.Cc1ccnc(-c2cc(CS(=O)(=O)[O-])ccn2)c1.[Na+]. The summed E-state index contributed by atoms with van der Waals surface area (Å²) in [6.45, 7) is 8.10. The predicted octanol–water partition coefficient (Wildman–Crippen LogP) is 4.61. The number of hydrogen-bond acceptors (Lipinski definition) is 9. The Bertz CT molecular complexity index is 2020. The largest absolute Gasteiger partial charge is 1.00 e. The molecule has 0 unspecified atom stereocenters. The van der Waals surface area contributed by atoms with Gasteiger partial charge in [-0.05, 0) is 134 Å². The Morgan fingerprint density at radius 2 is 0.771 bits per heavy atom. The van der Waals surface area contributed by atoms with Crippen molar-refractivity contribution in [3.05, 3.63) is 143 Å². The number of pyridine rings is 6. The molecule has 0 saturated carbocycles. The fourth-order valence-corrected chi connectivity index (χ4v) is 5.25. The third-order valence-corrected chi connectivity index (χ3v) is 7.93. The number of rotatable bonds is 6. The number of hydrogen-bond donors (Lipinski definition) is 0. The van der Waals surface area contributed by atoms with E-state index in [9.17, 15) is 13.0 Å². The maximum atomic E-state index is 10.7. The molecule has 48 heavy (non-hydrogen) atoms. The van der Waals surface area contributed by atoms with Crippen molar-refractivity contribution in [2.45, 2.75) is 38.8 Å². The number of aryl methyl sites for hydroxylation is 4. The van der Waals surface area contributed by atoms with E-state index in [0.29, 0.717) is 17.0 Å².